The highest BCUT2D eigenvalue weighted by Gasteiger charge is 2.43. The summed E-state index contributed by atoms with van der Waals surface area (Å²) >= 11 is 0. The van der Waals surface area contributed by atoms with Gasteiger partial charge in [-0.25, -0.2) is 9.18 Å². The Kier molecular flexibility index (Phi) is 4.06. The van der Waals surface area contributed by atoms with E-state index in [-0.39, 0.29) is 24.7 Å². The molecule has 0 atom stereocenters. The highest BCUT2D eigenvalue weighted by molar-refractivity contribution is 6.06. The number of carbonyl (C=O) groups is 3. The normalized spacial score (nSPS) is 17.0. The predicted octanol–water partition coefficient (Wildman–Crippen LogP) is 2.12. The minimum Gasteiger partial charge on any atom is -0.324 e. The summed E-state index contributed by atoms with van der Waals surface area (Å²) in [5, 5.41) is 2.58. The molecule has 0 unspecified atom stereocenters. The van der Waals surface area contributed by atoms with Crippen LogP contribution in [0.15, 0.2) is 24.3 Å². The number of benzene rings is 1. The summed E-state index contributed by atoms with van der Waals surface area (Å²) in [6.45, 7) is 3.47. The molecule has 1 N–H and O–H groups in total. The topological polar surface area (TPSA) is 66.5 Å². The van der Waals surface area contributed by atoms with Gasteiger partial charge in [0.25, 0.3) is 5.91 Å². The Balaban J connectivity index is 1.87. The molecule has 0 saturated carbocycles. The van der Waals surface area contributed by atoms with Gasteiger partial charge in [-0.15, -0.1) is 0 Å². The minimum atomic E-state index is -0.891. The summed E-state index contributed by atoms with van der Waals surface area (Å²) < 4.78 is 12.8. The molecule has 1 aliphatic rings. The lowest BCUT2D eigenvalue weighted by molar-refractivity contribution is -0.130. The summed E-state index contributed by atoms with van der Waals surface area (Å²) in [4.78, 5) is 36.6. The van der Waals surface area contributed by atoms with Gasteiger partial charge in [0.05, 0.1) is 0 Å². The Morgan fingerprint density at radius 3 is 2.38 bits per heavy atom. The van der Waals surface area contributed by atoms with Crippen molar-refractivity contribution in [1.82, 2.24) is 10.2 Å². The lowest BCUT2D eigenvalue weighted by atomic mass is 10.1. The van der Waals surface area contributed by atoms with Crippen molar-refractivity contribution in [3.8, 4) is 0 Å². The molecule has 1 heterocycles. The molecule has 1 aromatic rings. The van der Waals surface area contributed by atoms with Crippen LogP contribution in [0, 0.1) is 5.82 Å². The van der Waals surface area contributed by atoms with E-state index in [9.17, 15) is 18.8 Å². The van der Waals surface area contributed by atoms with Crippen LogP contribution in [-0.4, -0.2) is 34.7 Å². The lowest BCUT2D eigenvalue weighted by Crippen LogP contribution is -2.40. The number of hydrogen-bond donors (Lipinski definition) is 1. The van der Waals surface area contributed by atoms with E-state index in [1.54, 1.807) is 13.8 Å². The van der Waals surface area contributed by atoms with Crippen molar-refractivity contribution in [2.45, 2.75) is 32.2 Å². The molecule has 0 bridgehead atoms. The van der Waals surface area contributed by atoms with Crippen molar-refractivity contribution in [1.29, 1.82) is 0 Å². The molecule has 112 valence electrons. The number of carbonyl (C=O) groups excluding carboxylic acids is 3. The molecular formula is C15H17FN2O3. The van der Waals surface area contributed by atoms with E-state index in [2.05, 4.69) is 5.32 Å². The van der Waals surface area contributed by atoms with E-state index in [1.807, 2.05) is 0 Å². The van der Waals surface area contributed by atoms with E-state index in [1.165, 1.54) is 24.3 Å². The number of hydrogen-bond acceptors (Lipinski definition) is 3. The number of halogens is 1. The zero-order valence-electron chi connectivity index (χ0n) is 12.0. The lowest BCUT2D eigenvalue weighted by Gasteiger charge is -2.15. The average molecular weight is 292 g/mol. The number of nitrogens with one attached hydrogen (secondary N) is 1. The molecule has 1 aliphatic heterocycles. The number of nitrogens with zero attached hydrogens (tertiary/aromatic N) is 1. The summed E-state index contributed by atoms with van der Waals surface area (Å²) in [6, 6.07) is 4.88. The van der Waals surface area contributed by atoms with Gasteiger partial charge in [0.15, 0.2) is 5.78 Å². The molecule has 0 spiro atoms. The second-order valence-corrected chi connectivity index (χ2v) is 5.55. The Bertz CT molecular complexity index is 581. The summed E-state index contributed by atoms with van der Waals surface area (Å²) in [5.74, 6) is -0.823. The molecule has 1 aromatic carbocycles. The second kappa shape index (κ2) is 5.63. The van der Waals surface area contributed by atoms with Crippen LogP contribution in [-0.2, 0) is 4.79 Å². The van der Waals surface area contributed by atoms with Crippen molar-refractivity contribution < 1.29 is 18.8 Å². The molecular weight excluding hydrogens is 275 g/mol. The average Bonchev–Trinajstić information content (AvgIpc) is 2.61. The van der Waals surface area contributed by atoms with Gasteiger partial charge < -0.3 is 5.32 Å². The highest BCUT2D eigenvalue weighted by Crippen LogP contribution is 2.17. The zero-order valence-corrected chi connectivity index (χ0v) is 12.0. The monoisotopic (exact) mass is 292 g/mol. The van der Waals surface area contributed by atoms with Crippen molar-refractivity contribution in [3.63, 3.8) is 0 Å². The fraction of sp³-hybridized carbons (Fsp3) is 0.400. The first-order valence-electron chi connectivity index (χ1n) is 6.74. The second-order valence-electron chi connectivity index (χ2n) is 5.55. The quantitative estimate of drug-likeness (QED) is 0.667. The third kappa shape index (κ3) is 3.26. The highest BCUT2D eigenvalue weighted by atomic mass is 19.1. The van der Waals surface area contributed by atoms with Crippen LogP contribution < -0.4 is 5.32 Å². The first-order valence-corrected chi connectivity index (χ1v) is 6.74. The molecule has 0 aromatic heterocycles. The molecule has 0 aliphatic carbocycles. The van der Waals surface area contributed by atoms with Crippen LogP contribution in [0.2, 0.25) is 0 Å². The molecule has 1 saturated heterocycles. The van der Waals surface area contributed by atoms with Crippen LogP contribution in [0.4, 0.5) is 9.18 Å². The van der Waals surface area contributed by atoms with E-state index in [0.717, 1.165) is 4.90 Å². The van der Waals surface area contributed by atoms with Crippen molar-refractivity contribution in [2.24, 2.45) is 0 Å². The summed E-state index contributed by atoms with van der Waals surface area (Å²) in [6.07, 6.45) is 0.578. The van der Waals surface area contributed by atoms with Gasteiger partial charge >= 0.3 is 6.03 Å². The van der Waals surface area contributed by atoms with Gasteiger partial charge in [0.1, 0.15) is 11.4 Å². The number of imide groups is 1. The van der Waals surface area contributed by atoms with Crippen LogP contribution in [0.25, 0.3) is 0 Å². The number of ketones is 1. The van der Waals surface area contributed by atoms with E-state index < -0.39 is 17.4 Å². The molecule has 3 amide bonds. The fourth-order valence-corrected chi connectivity index (χ4v) is 2.20. The molecule has 2 rings (SSSR count). The number of rotatable bonds is 5. The van der Waals surface area contributed by atoms with Gasteiger partial charge in [-0.2, -0.15) is 0 Å². The van der Waals surface area contributed by atoms with Gasteiger partial charge in [0, 0.05) is 18.5 Å². The van der Waals surface area contributed by atoms with Crippen LogP contribution in [0.5, 0.6) is 0 Å². The third-order valence-corrected chi connectivity index (χ3v) is 3.40. The fourth-order valence-electron chi connectivity index (χ4n) is 2.20. The SMILES string of the molecule is CC1(C)NC(=O)N(CCCC(=O)c2ccc(F)cc2)C1=O. The maximum Gasteiger partial charge on any atom is 0.325 e. The Morgan fingerprint density at radius 1 is 1.24 bits per heavy atom. The van der Waals surface area contributed by atoms with E-state index >= 15 is 0 Å². The van der Waals surface area contributed by atoms with Crippen molar-refractivity contribution in [3.05, 3.63) is 35.6 Å². The largest absolute Gasteiger partial charge is 0.325 e. The Labute approximate surface area is 122 Å². The van der Waals surface area contributed by atoms with Gasteiger partial charge in [0.2, 0.25) is 0 Å². The van der Waals surface area contributed by atoms with Crippen molar-refractivity contribution >= 4 is 17.7 Å². The van der Waals surface area contributed by atoms with Crippen molar-refractivity contribution in [2.75, 3.05) is 6.54 Å². The Morgan fingerprint density at radius 2 is 1.86 bits per heavy atom. The van der Waals surface area contributed by atoms with Crippen LogP contribution >= 0.6 is 0 Å². The van der Waals surface area contributed by atoms with E-state index in [4.69, 9.17) is 0 Å². The van der Waals surface area contributed by atoms with Crippen LogP contribution in [0.1, 0.15) is 37.0 Å². The third-order valence-electron chi connectivity index (χ3n) is 3.40. The van der Waals surface area contributed by atoms with Crippen LogP contribution in [0.3, 0.4) is 0 Å². The maximum absolute atomic E-state index is 12.8. The molecule has 0 radical (unpaired) electrons. The van der Waals surface area contributed by atoms with Gasteiger partial charge in [-0.1, -0.05) is 0 Å². The smallest absolute Gasteiger partial charge is 0.324 e. The minimum absolute atomic E-state index is 0.138. The number of urea groups is 1. The standard InChI is InChI=1S/C15H17FN2O3/c1-15(2)13(20)18(14(21)17-15)9-3-4-12(19)10-5-7-11(16)8-6-10/h5-8H,3-4,9H2,1-2H3,(H,17,21). The van der Waals surface area contributed by atoms with E-state index in [0.29, 0.717) is 12.0 Å². The molecule has 21 heavy (non-hydrogen) atoms. The van der Waals surface area contributed by atoms with Gasteiger partial charge in [-0.3, -0.25) is 14.5 Å². The van der Waals surface area contributed by atoms with Gasteiger partial charge in [-0.05, 0) is 44.5 Å². The number of Topliss-reactive ketones (excluding diaryl/α,β-unsaturated/α-hetero) is 1. The predicted molar refractivity (Wildman–Crippen MR) is 74.3 cm³/mol. The molecule has 5 nitrogen and oxygen atoms in total. The zero-order chi connectivity index (χ0) is 15.6. The first-order chi connectivity index (χ1) is 9.81. The first kappa shape index (κ1) is 15.2. The number of amides is 3. The Hall–Kier alpha value is -2.24. The molecule has 1 fully saturated rings. The summed E-state index contributed by atoms with van der Waals surface area (Å²) in [5.41, 5.74) is -0.466. The summed E-state index contributed by atoms with van der Waals surface area (Å²) in [7, 11) is 0. The molecule has 6 heteroatoms. The maximum atomic E-state index is 12.8.